The highest BCUT2D eigenvalue weighted by molar-refractivity contribution is 7.09. The van der Waals surface area contributed by atoms with Crippen LogP contribution in [0.2, 0.25) is 0 Å². The Balaban J connectivity index is 1.80. The molecule has 0 aliphatic rings. The smallest absolute Gasteiger partial charge is 0.273 e. The number of carbonyl (C=O) groups is 1. The van der Waals surface area contributed by atoms with Crippen LogP contribution in [0.3, 0.4) is 0 Å². The van der Waals surface area contributed by atoms with E-state index in [1.807, 2.05) is 68.4 Å². The summed E-state index contributed by atoms with van der Waals surface area (Å²) in [5.41, 5.74) is 3.00. The molecule has 0 atom stereocenters. The molecule has 1 amide bonds. The molecule has 0 N–H and O–H groups in total. The number of hydrogen-bond donors (Lipinski definition) is 0. The van der Waals surface area contributed by atoms with Gasteiger partial charge in [0.25, 0.3) is 5.91 Å². The van der Waals surface area contributed by atoms with E-state index in [2.05, 4.69) is 4.98 Å². The Hall–Kier alpha value is -3.85. The molecule has 2 aromatic heterocycles. The number of nitrogens with zero attached hydrogens (tertiary/aromatic N) is 4. The van der Waals surface area contributed by atoms with Crippen molar-refractivity contribution in [2.75, 3.05) is 40.3 Å². The highest BCUT2D eigenvalue weighted by atomic mass is 32.1. The van der Waals surface area contributed by atoms with Crippen LogP contribution in [0.1, 0.15) is 26.6 Å². The van der Waals surface area contributed by atoms with Gasteiger partial charge in [0.2, 0.25) is 0 Å². The standard InChI is InChI=1S/C27H30N4O4S/c1-17-28-22(16-36-17)27(32)31(14-18-7-9-20(33-4)10-8-18)15-19-13-21-23(34-5)11-12-24(35-6)25(21)29-26(19)30(2)3/h7-13,16H,14-15H2,1-6H3. The van der Waals surface area contributed by atoms with Gasteiger partial charge in [0, 0.05) is 37.0 Å². The zero-order chi connectivity index (χ0) is 25.8. The van der Waals surface area contributed by atoms with Gasteiger partial charge in [-0.1, -0.05) is 12.1 Å². The summed E-state index contributed by atoms with van der Waals surface area (Å²) in [5.74, 6) is 2.72. The molecule has 0 spiro atoms. The molecule has 188 valence electrons. The Kier molecular flexibility index (Phi) is 7.59. The molecule has 0 aliphatic heterocycles. The lowest BCUT2D eigenvalue weighted by atomic mass is 10.1. The average molecular weight is 507 g/mol. The lowest BCUT2D eigenvalue weighted by molar-refractivity contribution is 0.0725. The Labute approximate surface area is 215 Å². The summed E-state index contributed by atoms with van der Waals surface area (Å²) in [4.78, 5) is 26.7. The number of aromatic nitrogens is 2. The van der Waals surface area contributed by atoms with Gasteiger partial charge in [-0.3, -0.25) is 4.79 Å². The molecule has 0 bridgehead atoms. The first-order valence-electron chi connectivity index (χ1n) is 11.4. The third-order valence-electron chi connectivity index (χ3n) is 5.85. The van der Waals surface area contributed by atoms with E-state index >= 15 is 0 Å². The Morgan fingerprint density at radius 1 is 0.917 bits per heavy atom. The number of amides is 1. The predicted octanol–water partition coefficient (Wildman–Crippen LogP) is 4.93. The summed E-state index contributed by atoms with van der Waals surface area (Å²) in [5, 5.41) is 3.47. The van der Waals surface area contributed by atoms with Gasteiger partial charge in [0.1, 0.15) is 34.3 Å². The Morgan fingerprint density at radius 3 is 2.19 bits per heavy atom. The van der Waals surface area contributed by atoms with Crippen LogP contribution in [-0.4, -0.2) is 56.2 Å². The number of aryl methyl sites for hydroxylation is 1. The molecule has 36 heavy (non-hydrogen) atoms. The zero-order valence-corrected chi connectivity index (χ0v) is 22.2. The third kappa shape index (κ3) is 5.21. The minimum atomic E-state index is -0.141. The number of hydrogen-bond acceptors (Lipinski definition) is 8. The maximum atomic E-state index is 13.6. The molecule has 0 unspecified atom stereocenters. The van der Waals surface area contributed by atoms with Crippen molar-refractivity contribution in [3.63, 3.8) is 0 Å². The Bertz CT molecular complexity index is 1370. The van der Waals surface area contributed by atoms with Crippen molar-refractivity contribution in [3.05, 3.63) is 69.7 Å². The predicted molar refractivity (Wildman–Crippen MR) is 143 cm³/mol. The molecule has 0 saturated heterocycles. The second-order valence-corrected chi connectivity index (χ2v) is 9.56. The first-order chi connectivity index (χ1) is 17.3. The number of carbonyl (C=O) groups excluding carboxylic acids is 1. The number of rotatable bonds is 9. The van der Waals surface area contributed by atoms with E-state index in [4.69, 9.17) is 19.2 Å². The van der Waals surface area contributed by atoms with Crippen LogP contribution in [0.25, 0.3) is 10.9 Å². The van der Waals surface area contributed by atoms with Gasteiger partial charge in [-0.15, -0.1) is 11.3 Å². The van der Waals surface area contributed by atoms with Crippen LogP contribution in [-0.2, 0) is 13.1 Å². The highest BCUT2D eigenvalue weighted by Crippen LogP contribution is 2.35. The van der Waals surface area contributed by atoms with Gasteiger partial charge in [0.05, 0.1) is 32.9 Å². The Morgan fingerprint density at radius 2 is 1.61 bits per heavy atom. The van der Waals surface area contributed by atoms with Crippen molar-refractivity contribution >= 4 is 34.0 Å². The number of benzene rings is 2. The molecule has 8 nitrogen and oxygen atoms in total. The van der Waals surface area contributed by atoms with Crippen molar-refractivity contribution in [1.29, 1.82) is 0 Å². The molecule has 0 aliphatic carbocycles. The molecule has 2 aromatic carbocycles. The monoisotopic (exact) mass is 506 g/mol. The van der Waals surface area contributed by atoms with Crippen LogP contribution < -0.4 is 19.1 Å². The van der Waals surface area contributed by atoms with Crippen LogP contribution >= 0.6 is 11.3 Å². The molecule has 9 heteroatoms. The summed E-state index contributed by atoms with van der Waals surface area (Å²) < 4.78 is 16.5. The number of fused-ring (bicyclic) bond motifs is 1. The van der Waals surface area contributed by atoms with Crippen molar-refractivity contribution < 1.29 is 19.0 Å². The van der Waals surface area contributed by atoms with Gasteiger partial charge in [-0.2, -0.15) is 0 Å². The summed E-state index contributed by atoms with van der Waals surface area (Å²) in [6, 6.07) is 13.4. The molecule has 0 fully saturated rings. The van der Waals surface area contributed by atoms with E-state index in [9.17, 15) is 4.79 Å². The van der Waals surface area contributed by atoms with E-state index in [1.54, 1.807) is 31.6 Å². The summed E-state index contributed by atoms with van der Waals surface area (Å²) in [7, 11) is 8.75. The number of thiazole rings is 1. The van der Waals surface area contributed by atoms with Crippen LogP contribution in [0, 0.1) is 6.92 Å². The van der Waals surface area contributed by atoms with E-state index < -0.39 is 0 Å². The second kappa shape index (κ2) is 10.8. The largest absolute Gasteiger partial charge is 0.497 e. The number of anilines is 1. The van der Waals surface area contributed by atoms with Crippen molar-refractivity contribution in [1.82, 2.24) is 14.9 Å². The molecule has 0 radical (unpaired) electrons. The average Bonchev–Trinajstić information content (AvgIpc) is 3.33. The topological polar surface area (TPSA) is 77.0 Å². The van der Waals surface area contributed by atoms with Crippen molar-refractivity contribution in [2.24, 2.45) is 0 Å². The van der Waals surface area contributed by atoms with Crippen molar-refractivity contribution in [3.8, 4) is 17.2 Å². The molecule has 2 heterocycles. The van der Waals surface area contributed by atoms with Crippen LogP contribution in [0.4, 0.5) is 5.82 Å². The normalized spacial score (nSPS) is 10.8. The number of pyridine rings is 1. The molecule has 4 aromatic rings. The fraction of sp³-hybridized carbons (Fsp3) is 0.296. The zero-order valence-electron chi connectivity index (χ0n) is 21.4. The minimum absolute atomic E-state index is 0.141. The minimum Gasteiger partial charge on any atom is -0.497 e. The lowest BCUT2D eigenvalue weighted by Gasteiger charge is -2.26. The molecular formula is C27H30N4O4S. The third-order valence-corrected chi connectivity index (χ3v) is 6.62. The molecular weight excluding hydrogens is 476 g/mol. The highest BCUT2D eigenvalue weighted by Gasteiger charge is 2.23. The number of ether oxygens (including phenoxy) is 3. The second-order valence-electron chi connectivity index (χ2n) is 8.49. The fourth-order valence-electron chi connectivity index (χ4n) is 4.07. The molecule has 0 saturated carbocycles. The maximum Gasteiger partial charge on any atom is 0.273 e. The quantitative estimate of drug-likeness (QED) is 0.318. The SMILES string of the molecule is COc1ccc(CN(Cc2cc3c(OC)ccc(OC)c3nc2N(C)C)C(=O)c2csc(C)n2)cc1. The van der Waals surface area contributed by atoms with Gasteiger partial charge in [-0.05, 0) is 42.8 Å². The molecule has 4 rings (SSSR count). The van der Waals surface area contributed by atoms with E-state index in [0.29, 0.717) is 35.8 Å². The van der Waals surface area contributed by atoms with E-state index in [1.165, 1.54) is 11.3 Å². The lowest BCUT2D eigenvalue weighted by Crippen LogP contribution is -2.31. The van der Waals surface area contributed by atoms with E-state index in [-0.39, 0.29) is 5.91 Å². The first kappa shape index (κ1) is 25.2. The summed E-state index contributed by atoms with van der Waals surface area (Å²) in [6.07, 6.45) is 0. The van der Waals surface area contributed by atoms with Crippen LogP contribution in [0.5, 0.6) is 17.2 Å². The van der Waals surface area contributed by atoms with Gasteiger partial charge in [0.15, 0.2) is 0 Å². The summed E-state index contributed by atoms with van der Waals surface area (Å²) in [6.45, 7) is 2.63. The first-order valence-corrected chi connectivity index (χ1v) is 12.3. The van der Waals surface area contributed by atoms with Gasteiger partial charge in [-0.25, -0.2) is 9.97 Å². The fourth-order valence-corrected chi connectivity index (χ4v) is 4.65. The maximum absolute atomic E-state index is 13.6. The van der Waals surface area contributed by atoms with Crippen LogP contribution in [0.15, 0.2) is 47.8 Å². The summed E-state index contributed by atoms with van der Waals surface area (Å²) >= 11 is 1.46. The number of methoxy groups -OCH3 is 3. The van der Waals surface area contributed by atoms with Gasteiger partial charge >= 0.3 is 0 Å². The van der Waals surface area contributed by atoms with Gasteiger partial charge < -0.3 is 24.0 Å². The van der Waals surface area contributed by atoms with Crippen molar-refractivity contribution in [2.45, 2.75) is 20.0 Å². The van der Waals surface area contributed by atoms with E-state index in [0.717, 1.165) is 33.1 Å².